The van der Waals surface area contributed by atoms with Crippen molar-refractivity contribution in [2.24, 2.45) is 12.0 Å². The Kier molecular flexibility index (Phi) is 8.36. The van der Waals surface area contributed by atoms with E-state index in [1.165, 1.54) is 5.56 Å². The molecular formula is C19H28IN5O2. The molecule has 2 N–H and O–H groups in total. The highest BCUT2D eigenvalue weighted by Gasteiger charge is 2.24. The number of phenols is 1. The summed E-state index contributed by atoms with van der Waals surface area (Å²) in [6, 6.07) is 7.39. The quantitative estimate of drug-likeness (QED) is 0.295. The summed E-state index contributed by atoms with van der Waals surface area (Å²) in [5.41, 5.74) is 2.32. The average Bonchev–Trinajstić information content (AvgIpc) is 3.10. The van der Waals surface area contributed by atoms with Gasteiger partial charge in [-0.15, -0.1) is 24.0 Å². The Balaban J connectivity index is 0.00000261. The SMILES string of the molecule is CN=C(NCCCc1ccc(O)cc1)N1CCOC(c2cnn(C)c2)C1.I. The molecule has 0 amide bonds. The smallest absolute Gasteiger partial charge is 0.193 e. The largest absolute Gasteiger partial charge is 0.508 e. The summed E-state index contributed by atoms with van der Waals surface area (Å²) in [7, 11) is 3.73. The molecule has 2 aromatic rings. The Morgan fingerprint density at radius 2 is 2.15 bits per heavy atom. The molecular weight excluding hydrogens is 457 g/mol. The number of halogens is 1. The highest BCUT2D eigenvalue weighted by atomic mass is 127. The molecule has 1 aliphatic rings. The van der Waals surface area contributed by atoms with Gasteiger partial charge in [-0.1, -0.05) is 12.1 Å². The van der Waals surface area contributed by atoms with E-state index in [2.05, 4.69) is 20.3 Å². The molecule has 1 atom stereocenters. The van der Waals surface area contributed by atoms with Crippen LogP contribution < -0.4 is 5.32 Å². The zero-order chi connectivity index (χ0) is 18.4. The van der Waals surface area contributed by atoms with Crippen molar-refractivity contribution >= 4 is 29.9 Å². The van der Waals surface area contributed by atoms with Gasteiger partial charge in [0, 0.05) is 38.9 Å². The Hall–Kier alpha value is -1.81. The van der Waals surface area contributed by atoms with Gasteiger partial charge < -0.3 is 20.1 Å². The highest BCUT2D eigenvalue weighted by Crippen LogP contribution is 2.21. The number of benzene rings is 1. The minimum atomic E-state index is 0. The Labute approximate surface area is 177 Å². The number of nitrogens with one attached hydrogen (secondary N) is 1. The molecule has 2 heterocycles. The van der Waals surface area contributed by atoms with E-state index >= 15 is 0 Å². The number of phenolic OH excluding ortho intramolecular Hbond substituents is 1. The first-order chi connectivity index (χ1) is 12.7. The van der Waals surface area contributed by atoms with E-state index in [4.69, 9.17) is 4.74 Å². The summed E-state index contributed by atoms with van der Waals surface area (Å²) in [6.07, 6.45) is 5.85. The number of aromatic nitrogens is 2. The summed E-state index contributed by atoms with van der Waals surface area (Å²) in [6.45, 7) is 3.12. The van der Waals surface area contributed by atoms with Crippen LogP contribution in [0.3, 0.4) is 0 Å². The maximum Gasteiger partial charge on any atom is 0.193 e. The second-order valence-corrected chi connectivity index (χ2v) is 6.50. The summed E-state index contributed by atoms with van der Waals surface area (Å²) in [5.74, 6) is 1.22. The number of morpholine rings is 1. The number of ether oxygens (including phenoxy) is 1. The first-order valence-electron chi connectivity index (χ1n) is 8.99. The maximum atomic E-state index is 9.33. The van der Waals surface area contributed by atoms with Crippen LogP contribution in [0.15, 0.2) is 41.7 Å². The van der Waals surface area contributed by atoms with Crippen molar-refractivity contribution in [2.75, 3.05) is 33.3 Å². The van der Waals surface area contributed by atoms with E-state index < -0.39 is 0 Å². The molecule has 27 heavy (non-hydrogen) atoms. The second-order valence-electron chi connectivity index (χ2n) is 6.50. The lowest BCUT2D eigenvalue weighted by molar-refractivity contribution is -0.00801. The lowest BCUT2D eigenvalue weighted by atomic mass is 10.1. The fourth-order valence-electron chi connectivity index (χ4n) is 3.14. The molecule has 1 aromatic heterocycles. The van der Waals surface area contributed by atoms with Gasteiger partial charge in [0.2, 0.25) is 0 Å². The molecule has 0 radical (unpaired) electrons. The van der Waals surface area contributed by atoms with Crippen LogP contribution in [0.25, 0.3) is 0 Å². The molecule has 148 valence electrons. The van der Waals surface area contributed by atoms with Crippen LogP contribution in [0.2, 0.25) is 0 Å². The molecule has 7 nitrogen and oxygen atoms in total. The number of aryl methyl sites for hydroxylation is 2. The number of guanidine groups is 1. The zero-order valence-corrected chi connectivity index (χ0v) is 18.2. The van der Waals surface area contributed by atoms with E-state index in [-0.39, 0.29) is 30.1 Å². The molecule has 1 aliphatic heterocycles. The lowest BCUT2D eigenvalue weighted by Crippen LogP contribution is -2.48. The first-order valence-corrected chi connectivity index (χ1v) is 8.99. The highest BCUT2D eigenvalue weighted by molar-refractivity contribution is 14.0. The van der Waals surface area contributed by atoms with Gasteiger partial charge in [-0.2, -0.15) is 5.10 Å². The number of hydrogen-bond donors (Lipinski definition) is 2. The molecule has 1 aromatic carbocycles. The molecule has 0 spiro atoms. The molecule has 8 heteroatoms. The third kappa shape index (κ3) is 6.10. The van der Waals surface area contributed by atoms with E-state index in [0.29, 0.717) is 12.4 Å². The Bertz CT molecular complexity index is 732. The van der Waals surface area contributed by atoms with Crippen LogP contribution in [-0.4, -0.2) is 59.0 Å². The van der Waals surface area contributed by atoms with Gasteiger partial charge in [0.05, 0.1) is 19.3 Å². The van der Waals surface area contributed by atoms with E-state index in [1.54, 1.807) is 16.8 Å². The number of hydrogen-bond acceptors (Lipinski definition) is 4. The summed E-state index contributed by atoms with van der Waals surface area (Å²) < 4.78 is 7.70. The van der Waals surface area contributed by atoms with E-state index in [0.717, 1.165) is 44.0 Å². The lowest BCUT2D eigenvalue weighted by Gasteiger charge is -2.34. The van der Waals surface area contributed by atoms with Crippen LogP contribution in [0.4, 0.5) is 0 Å². The van der Waals surface area contributed by atoms with E-state index in [9.17, 15) is 5.11 Å². The van der Waals surface area contributed by atoms with Gasteiger partial charge in [-0.3, -0.25) is 9.67 Å². The summed E-state index contributed by atoms with van der Waals surface area (Å²) in [5, 5.41) is 17.0. The van der Waals surface area contributed by atoms with Crippen molar-refractivity contribution in [1.29, 1.82) is 0 Å². The minimum Gasteiger partial charge on any atom is -0.508 e. The normalized spacial score (nSPS) is 17.5. The minimum absolute atomic E-state index is 0. The average molecular weight is 485 g/mol. The van der Waals surface area contributed by atoms with Crippen molar-refractivity contribution in [2.45, 2.75) is 18.9 Å². The van der Waals surface area contributed by atoms with E-state index in [1.807, 2.05) is 38.6 Å². The van der Waals surface area contributed by atoms with Crippen LogP contribution in [0, 0.1) is 0 Å². The first kappa shape index (κ1) is 21.5. The third-order valence-electron chi connectivity index (χ3n) is 4.54. The molecule has 0 saturated carbocycles. The predicted octanol–water partition coefficient (Wildman–Crippen LogP) is 2.33. The molecule has 0 aliphatic carbocycles. The third-order valence-corrected chi connectivity index (χ3v) is 4.54. The number of aliphatic imine (C=N–C) groups is 1. The molecule has 0 bridgehead atoms. The van der Waals surface area contributed by atoms with Crippen molar-refractivity contribution in [3.05, 3.63) is 47.8 Å². The fourth-order valence-corrected chi connectivity index (χ4v) is 3.14. The topological polar surface area (TPSA) is 74.9 Å². The summed E-state index contributed by atoms with van der Waals surface area (Å²) >= 11 is 0. The van der Waals surface area contributed by atoms with Gasteiger partial charge in [-0.05, 0) is 30.5 Å². The van der Waals surface area contributed by atoms with Gasteiger partial charge in [0.25, 0.3) is 0 Å². The molecule has 1 saturated heterocycles. The van der Waals surface area contributed by atoms with Crippen molar-refractivity contribution in [3.63, 3.8) is 0 Å². The fraction of sp³-hybridized carbons (Fsp3) is 0.474. The van der Waals surface area contributed by atoms with Gasteiger partial charge >= 0.3 is 0 Å². The van der Waals surface area contributed by atoms with Crippen LogP contribution in [0.1, 0.15) is 23.7 Å². The molecule has 3 rings (SSSR count). The van der Waals surface area contributed by atoms with Gasteiger partial charge in [-0.25, -0.2) is 0 Å². The van der Waals surface area contributed by atoms with Crippen LogP contribution in [0.5, 0.6) is 5.75 Å². The standard InChI is InChI=1S/C19H27N5O2.HI/c1-20-19(21-9-3-4-15-5-7-17(25)8-6-15)24-10-11-26-18(14-24)16-12-22-23(2)13-16;/h5-8,12-13,18,25H,3-4,9-11,14H2,1-2H3,(H,20,21);1H. The van der Waals surface area contributed by atoms with Crippen molar-refractivity contribution < 1.29 is 9.84 Å². The zero-order valence-electron chi connectivity index (χ0n) is 15.8. The van der Waals surface area contributed by atoms with Crippen LogP contribution in [-0.2, 0) is 18.2 Å². The second kappa shape index (κ2) is 10.5. The van der Waals surface area contributed by atoms with Gasteiger partial charge in [0.15, 0.2) is 5.96 Å². The number of nitrogens with zero attached hydrogens (tertiary/aromatic N) is 4. The Morgan fingerprint density at radius 1 is 1.37 bits per heavy atom. The van der Waals surface area contributed by atoms with Crippen molar-refractivity contribution in [3.8, 4) is 5.75 Å². The van der Waals surface area contributed by atoms with Gasteiger partial charge in [0.1, 0.15) is 11.9 Å². The monoisotopic (exact) mass is 485 g/mol. The number of aromatic hydroxyl groups is 1. The van der Waals surface area contributed by atoms with Crippen molar-refractivity contribution in [1.82, 2.24) is 20.0 Å². The maximum absolute atomic E-state index is 9.33. The number of rotatable bonds is 5. The summed E-state index contributed by atoms with van der Waals surface area (Å²) in [4.78, 5) is 6.66. The molecule has 1 fully saturated rings. The Morgan fingerprint density at radius 3 is 2.81 bits per heavy atom. The molecule has 1 unspecified atom stereocenters. The van der Waals surface area contributed by atoms with Crippen LogP contribution >= 0.6 is 24.0 Å². The predicted molar refractivity (Wildman–Crippen MR) is 117 cm³/mol.